The average molecular weight is 296 g/mol. The summed E-state index contributed by atoms with van der Waals surface area (Å²) >= 11 is 6.01. The van der Waals surface area contributed by atoms with Crippen molar-refractivity contribution in [3.8, 4) is 0 Å². The molecule has 1 aromatic carbocycles. The Morgan fingerprint density at radius 3 is 2.65 bits per heavy atom. The fourth-order valence-electron chi connectivity index (χ4n) is 2.63. The Morgan fingerprint density at radius 2 is 2.15 bits per heavy atom. The van der Waals surface area contributed by atoms with Crippen LogP contribution < -0.4 is 5.32 Å². The fourth-order valence-corrected chi connectivity index (χ4v) is 2.82. The topological polar surface area (TPSA) is 49.3 Å². The third-order valence-electron chi connectivity index (χ3n) is 3.87. The summed E-state index contributed by atoms with van der Waals surface area (Å²) in [6, 6.07) is 7.34. The van der Waals surface area contributed by atoms with Crippen molar-refractivity contribution in [3.05, 3.63) is 34.9 Å². The zero-order valence-electron chi connectivity index (χ0n) is 12.0. The van der Waals surface area contributed by atoms with Crippen LogP contribution in [0.2, 0.25) is 5.02 Å². The molecule has 0 saturated heterocycles. The number of aliphatic hydroxyl groups is 1. The van der Waals surface area contributed by atoms with Gasteiger partial charge >= 0.3 is 0 Å². The Hall–Kier alpha value is -1.06. The highest BCUT2D eigenvalue weighted by Crippen LogP contribution is 2.48. The first-order valence-electron chi connectivity index (χ1n) is 7.16. The van der Waals surface area contributed by atoms with E-state index < -0.39 is 5.41 Å². The van der Waals surface area contributed by atoms with Crippen LogP contribution in [0, 0.1) is 5.92 Å². The largest absolute Gasteiger partial charge is 0.394 e. The van der Waals surface area contributed by atoms with E-state index in [9.17, 15) is 9.90 Å². The molecule has 2 N–H and O–H groups in total. The second-order valence-corrected chi connectivity index (χ2v) is 6.51. The summed E-state index contributed by atoms with van der Waals surface area (Å²) in [5, 5.41) is 13.0. The molecule has 2 rings (SSSR count). The Kier molecular flexibility index (Phi) is 4.71. The van der Waals surface area contributed by atoms with Crippen molar-refractivity contribution in [2.45, 2.75) is 44.6 Å². The number of rotatable bonds is 6. The van der Waals surface area contributed by atoms with E-state index in [0.717, 1.165) is 24.8 Å². The first-order valence-corrected chi connectivity index (χ1v) is 7.53. The first-order chi connectivity index (χ1) is 9.48. The second-order valence-electron chi connectivity index (χ2n) is 6.07. The average Bonchev–Trinajstić information content (AvgIpc) is 3.18. The molecule has 0 bridgehead atoms. The van der Waals surface area contributed by atoms with Crippen LogP contribution in [0.5, 0.6) is 0 Å². The molecule has 4 heteroatoms. The number of benzene rings is 1. The van der Waals surface area contributed by atoms with Crippen LogP contribution >= 0.6 is 11.6 Å². The van der Waals surface area contributed by atoms with Crippen LogP contribution in [0.4, 0.5) is 0 Å². The normalized spacial score (nSPS) is 17.9. The molecule has 1 aliphatic carbocycles. The quantitative estimate of drug-likeness (QED) is 0.848. The van der Waals surface area contributed by atoms with Gasteiger partial charge in [0.15, 0.2) is 0 Å². The smallest absolute Gasteiger partial charge is 0.230 e. The minimum Gasteiger partial charge on any atom is -0.394 e. The third kappa shape index (κ3) is 3.33. The molecular weight excluding hydrogens is 274 g/mol. The van der Waals surface area contributed by atoms with Gasteiger partial charge in [0.2, 0.25) is 5.91 Å². The highest BCUT2D eigenvalue weighted by Gasteiger charge is 2.51. The van der Waals surface area contributed by atoms with Crippen LogP contribution in [0.1, 0.15) is 38.7 Å². The van der Waals surface area contributed by atoms with Gasteiger partial charge in [-0.05, 0) is 42.9 Å². The molecule has 20 heavy (non-hydrogen) atoms. The van der Waals surface area contributed by atoms with Crippen LogP contribution in [0.25, 0.3) is 0 Å². The lowest BCUT2D eigenvalue weighted by Gasteiger charge is -2.22. The summed E-state index contributed by atoms with van der Waals surface area (Å²) in [5.41, 5.74) is 0.540. The van der Waals surface area contributed by atoms with Gasteiger partial charge in [0, 0.05) is 5.02 Å². The Labute approximate surface area is 125 Å². The summed E-state index contributed by atoms with van der Waals surface area (Å²) in [5.74, 6) is 0.452. The minimum atomic E-state index is -0.435. The van der Waals surface area contributed by atoms with Crippen LogP contribution in [0.15, 0.2) is 24.3 Å². The molecule has 1 aliphatic rings. The predicted octanol–water partition coefficient (Wildman–Crippen LogP) is 2.89. The van der Waals surface area contributed by atoms with E-state index in [-0.39, 0.29) is 18.6 Å². The molecule has 3 nitrogen and oxygen atoms in total. The van der Waals surface area contributed by atoms with E-state index in [2.05, 4.69) is 19.2 Å². The zero-order chi connectivity index (χ0) is 14.8. The van der Waals surface area contributed by atoms with E-state index in [1.54, 1.807) is 0 Å². The Bertz CT molecular complexity index is 483. The molecular formula is C16H22ClNO2. The highest BCUT2D eigenvalue weighted by atomic mass is 35.5. The van der Waals surface area contributed by atoms with E-state index in [1.807, 2.05) is 24.3 Å². The molecule has 1 atom stereocenters. The van der Waals surface area contributed by atoms with E-state index in [0.29, 0.717) is 10.9 Å². The number of carbonyl (C=O) groups is 1. The maximum atomic E-state index is 12.5. The summed E-state index contributed by atoms with van der Waals surface area (Å²) in [6.45, 7) is 4.15. The molecule has 0 spiro atoms. The number of hydrogen-bond acceptors (Lipinski definition) is 2. The van der Waals surface area contributed by atoms with E-state index in [1.165, 1.54) is 0 Å². The van der Waals surface area contributed by atoms with Gasteiger partial charge in [0.25, 0.3) is 0 Å². The SMILES string of the molecule is CC(C)CC(CO)NC(=O)C1(c2cccc(Cl)c2)CC1. The Balaban J connectivity index is 2.08. The second kappa shape index (κ2) is 6.15. The van der Waals surface area contributed by atoms with Crippen LogP contribution in [0.3, 0.4) is 0 Å². The van der Waals surface area contributed by atoms with Crippen molar-refractivity contribution in [3.63, 3.8) is 0 Å². The van der Waals surface area contributed by atoms with Gasteiger partial charge in [-0.3, -0.25) is 4.79 Å². The first kappa shape index (κ1) is 15.3. The molecule has 0 radical (unpaired) electrons. The van der Waals surface area contributed by atoms with Gasteiger partial charge < -0.3 is 10.4 Å². The fraction of sp³-hybridized carbons (Fsp3) is 0.562. The number of halogens is 1. The van der Waals surface area contributed by atoms with Gasteiger partial charge in [-0.15, -0.1) is 0 Å². The minimum absolute atomic E-state index is 0.0134. The predicted molar refractivity (Wildman–Crippen MR) is 80.8 cm³/mol. The summed E-state index contributed by atoms with van der Waals surface area (Å²) in [6.07, 6.45) is 2.48. The number of carbonyl (C=O) groups excluding carboxylic acids is 1. The van der Waals surface area contributed by atoms with Gasteiger partial charge in [-0.1, -0.05) is 37.6 Å². The maximum absolute atomic E-state index is 12.5. The number of hydrogen-bond donors (Lipinski definition) is 2. The standard InChI is InChI=1S/C16H22ClNO2/c1-11(2)8-14(10-19)18-15(20)16(6-7-16)12-4-3-5-13(17)9-12/h3-5,9,11,14,19H,6-8,10H2,1-2H3,(H,18,20). The molecule has 0 aliphatic heterocycles. The van der Waals surface area contributed by atoms with Crippen molar-refractivity contribution in [1.29, 1.82) is 0 Å². The van der Waals surface area contributed by atoms with E-state index >= 15 is 0 Å². The molecule has 1 saturated carbocycles. The lowest BCUT2D eigenvalue weighted by molar-refractivity contribution is -0.124. The molecule has 0 aromatic heterocycles. The summed E-state index contributed by atoms with van der Waals surface area (Å²) in [7, 11) is 0. The van der Waals surface area contributed by atoms with Crippen molar-refractivity contribution in [1.82, 2.24) is 5.32 Å². The van der Waals surface area contributed by atoms with Gasteiger partial charge in [0.05, 0.1) is 18.1 Å². The molecule has 1 fully saturated rings. The molecule has 1 unspecified atom stereocenters. The molecule has 1 aromatic rings. The van der Waals surface area contributed by atoms with Crippen molar-refractivity contribution >= 4 is 17.5 Å². The van der Waals surface area contributed by atoms with Gasteiger partial charge in [0.1, 0.15) is 0 Å². The summed E-state index contributed by atoms with van der Waals surface area (Å²) in [4.78, 5) is 12.5. The van der Waals surface area contributed by atoms with Crippen LogP contribution in [-0.4, -0.2) is 23.7 Å². The monoisotopic (exact) mass is 295 g/mol. The lowest BCUT2D eigenvalue weighted by Crippen LogP contribution is -2.44. The molecule has 1 amide bonds. The molecule has 110 valence electrons. The number of amides is 1. The number of aliphatic hydroxyl groups excluding tert-OH is 1. The summed E-state index contributed by atoms with van der Waals surface area (Å²) < 4.78 is 0. The zero-order valence-corrected chi connectivity index (χ0v) is 12.8. The Morgan fingerprint density at radius 1 is 1.45 bits per heavy atom. The van der Waals surface area contributed by atoms with Crippen molar-refractivity contribution < 1.29 is 9.90 Å². The van der Waals surface area contributed by atoms with Crippen molar-refractivity contribution in [2.75, 3.05) is 6.61 Å². The van der Waals surface area contributed by atoms with Crippen molar-refractivity contribution in [2.24, 2.45) is 5.92 Å². The maximum Gasteiger partial charge on any atom is 0.230 e. The third-order valence-corrected chi connectivity index (χ3v) is 4.11. The van der Waals surface area contributed by atoms with Gasteiger partial charge in [-0.25, -0.2) is 0 Å². The lowest BCUT2D eigenvalue weighted by atomic mass is 9.94. The highest BCUT2D eigenvalue weighted by molar-refractivity contribution is 6.30. The van der Waals surface area contributed by atoms with E-state index in [4.69, 9.17) is 11.6 Å². The van der Waals surface area contributed by atoms with Gasteiger partial charge in [-0.2, -0.15) is 0 Å². The molecule has 0 heterocycles. The van der Waals surface area contributed by atoms with Crippen LogP contribution in [-0.2, 0) is 10.2 Å². The number of nitrogens with one attached hydrogen (secondary N) is 1.